The monoisotopic (exact) mass is 369 g/mol. The number of hydrogen-bond acceptors (Lipinski definition) is 5. The number of carbonyl (C=O) groups excluding carboxylic acids is 1. The molecule has 2 aromatic carbocycles. The Hall–Kier alpha value is -3.22. The Morgan fingerprint density at radius 3 is 2.67 bits per heavy atom. The minimum Gasteiger partial charge on any atom is -0.493 e. The van der Waals surface area contributed by atoms with Gasteiger partial charge in [0.1, 0.15) is 12.4 Å². The van der Waals surface area contributed by atoms with Crippen LogP contribution < -0.4 is 9.47 Å². The first-order valence-electron chi connectivity index (χ1n) is 8.43. The fraction of sp³-hybridized carbons (Fsp3) is 0.250. The first-order chi connectivity index (χ1) is 13.0. The molecule has 0 aliphatic heterocycles. The highest BCUT2D eigenvalue weighted by atomic mass is 19.1. The molecule has 0 N–H and O–H groups in total. The lowest BCUT2D eigenvalue weighted by Gasteiger charge is -2.16. The van der Waals surface area contributed by atoms with Gasteiger partial charge in [-0.15, -0.1) is 0 Å². The van der Waals surface area contributed by atoms with Crippen LogP contribution in [-0.2, 0) is 4.79 Å². The summed E-state index contributed by atoms with van der Waals surface area (Å²) in [6.45, 7) is 2.26. The van der Waals surface area contributed by atoms with E-state index in [4.69, 9.17) is 9.47 Å². The molecular weight excluding hydrogens is 349 g/mol. The lowest BCUT2D eigenvalue weighted by molar-refractivity contribution is -0.127. The van der Waals surface area contributed by atoms with Crippen LogP contribution in [0.1, 0.15) is 6.92 Å². The van der Waals surface area contributed by atoms with Crippen molar-refractivity contribution < 1.29 is 18.7 Å². The van der Waals surface area contributed by atoms with Crippen molar-refractivity contribution >= 4 is 16.9 Å². The van der Waals surface area contributed by atoms with Gasteiger partial charge in [0, 0.05) is 31.7 Å². The number of methoxy groups -OCH3 is 1. The van der Waals surface area contributed by atoms with Crippen molar-refractivity contribution in [1.29, 1.82) is 0 Å². The van der Waals surface area contributed by atoms with Crippen LogP contribution >= 0.6 is 0 Å². The molecule has 0 radical (unpaired) electrons. The first kappa shape index (κ1) is 18.6. The summed E-state index contributed by atoms with van der Waals surface area (Å²) in [4.78, 5) is 21.8. The number of aromatic nitrogens is 2. The van der Waals surface area contributed by atoms with Crippen molar-refractivity contribution in [2.45, 2.75) is 6.92 Å². The zero-order valence-electron chi connectivity index (χ0n) is 15.4. The minimum atomic E-state index is -0.331. The molecule has 0 fully saturated rings. The molecular formula is C20H20FN3O3. The number of carbonyl (C=O) groups is 1. The Bertz CT molecular complexity index is 978. The SMILES string of the molecule is COc1cc2ncc(-c3cccc(F)c3)nc2cc1OCCN(C)C(C)=O. The molecule has 6 nitrogen and oxygen atoms in total. The summed E-state index contributed by atoms with van der Waals surface area (Å²) in [7, 11) is 3.25. The smallest absolute Gasteiger partial charge is 0.219 e. The standard InChI is InChI=1S/C20H20FN3O3/c1-13(25)24(2)7-8-27-20-11-17-16(10-19(20)26-3)22-12-18(23-17)14-5-4-6-15(21)9-14/h4-6,9-12H,7-8H2,1-3H3. The van der Waals surface area contributed by atoms with Crippen LogP contribution in [0.5, 0.6) is 11.5 Å². The van der Waals surface area contributed by atoms with Gasteiger partial charge in [0.15, 0.2) is 11.5 Å². The molecule has 3 rings (SSSR count). The van der Waals surface area contributed by atoms with Gasteiger partial charge in [0.05, 0.1) is 36.6 Å². The third kappa shape index (κ3) is 4.31. The molecule has 140 valence electrons. The van der Waals surface area contributed by atoms with Gasteiger partial charge in [-0.05, 0) is 12.1 Å². The van der Waals surface area contributed by atoms with Crippen molar-refractivity contribution in [2.75, 3.05) is 27.3 Å². The van der Waals surface area contributed by atoms with Crippen molar-refractivity contribution in [3.05, 3.63) is 48.4 Å². The molecule has 1 heterocycles. The molecule has 27 heavy (non-hydrogen) atoms. The summed E-state index contributed by atoms with van der Waals surface area (Å²) in [6.07, 6.45) is 1.60. The number of benzene rings is 2. The molecule has 0 bridgehead atoms. The fourth-order valence-electron chi connectivity index (χ4n) is 2.53. The molecule has 3 aromatic rings. The molecule has 0 aliphatic rings. The van der Waals surface area contributed by atoms with Crippen LogP contribution in [-0.4, -0.2) is 48.1 Å². The lowest BCUT2D eigenvalue weighted by atomic mass is 10.1. The van der Waals surface area contributed by atoms with Gasteiger partial charge in [-0.3, -0.25) is 9.78 Å². The third-order valence-corrected chi connectivity index (χ3v) is 4.17. The molecule has 0 saturated heterocycles. The molecule has 1 amide bonds. The van der Waals surface area contributed by atoms with Gasteiger partial charge in [-0.2, -0.15) is 0 Å². The molecule has 0 spiro atoms. The summed E-state index contributed by atoms with van der Waals surface area (Å²) in [5.41, 5.74) is 2.45. The Morgan fingerprint density at radius 2 is 1.96 bits per heavy atom. The number of ether oxygens (including phenoxy) is 2. The zero-order valence-corrected chi connectivity index (χ0v) is 15.4. The van der Waals surface area contributed by atoms with E-state index in [1.165, 1.54) is 19.1 Å². The topological polar surface area (TPSA) is 64.6 Å². The van der Waals surface area contributed by atoms with E-state index < -0.39 is 0 Å². The molecule has 1 aromatic heterocycles. The Balaban J connectivity index is 1.90. The maximum absolute atomic E-state index is 13.5. The zero-order chi connectivity index (χ0) is 19.4. The average Bonchev–Trinajstić information content (AvgIpc) is 2.66. The van der Waals surface area contributed by atoms with Crippen LogP contribution in [0.15, 0.2) is 42.6 Å². The molecule has 0 aliphatic carbocycles. The Kier molecular flexibility index (Phi) is 5.49. The van der Waals surface area contributed by atoms with Gasteiger partial charge in [-0.1, -0.05) is 12.1 Å². The molecule has 0 unspecified atom stereocenters. The van der Waals surface area contributed by atoms with Crippen LogP contribution in [0, 0.1) is 5.82 Å². The minimum absolute atomic E-state index is 0.0327. The van der Waals surface area contributed by atoms with E-state index in [1.54, 1.807) is 49.5 Å². The van der Waals surface area contributed by atoms with Gasteiger partial charge in [-0.25, -0.2) is 9.37 Å². The van der Waals surface area contributed by atoms with Crippen LogP contribution in [0.3, 0.4) is 0 Å². The van der Waals surface area contributed by atoms with Gasteiger partial charge >= 0.3 is 0 Å². The average molecular weight is 369 g/mol. The van der Waals surface area contributed by atoms with Crippen molar-refractivity contribution in [1.82, 2.24) is 14.9 Å². The maximum atomic E-state index is 13.5. The molecule has 7 heteroatoms. The summed E-state index contributed by atoms with van der Waals surface area (Å²) in [5, 5.41) is 0. The van der Waals surface area contributed by atoms with Crippen LogP contribution in [0.25, 0.3) is 22.3 Å². The third-order valence-electron chi connectivity index (χ3n) is 4.17. The van der Waals surface area contributed by atoms with E-state index in [0.29, 0.717) is 46.9 Å². The van der Waals surface area contributed by atoms with Gasteiger partial charge < -0.3 is 14.4 Å². The van der Waals surface area contributed by atoms with Crippen molar-refractivity contribution in [3.8, 4) is 22.8 Å². The summed E-state index contributed by atoms with van der Waals surface area (Å²) in [6, 6.07) is 9.67. The Morgan fingerprint density at radius 1 is 1.19 bits per heavy atom. The second-order valence-corrected chi connectivity index (χ2v) is 6.05. The Labute approximate surface area is 156 Å². The maximum Gasteiger partial charge on any atom is 0.219 e. The lowest BCUT2D eigenvalue weighted by Crippen LogP contribution is -2.28. The number of nitrogens with zero attached hydrogens (tertiary/aromatic N) is 3. The summed E-state index contributed by atoms with van der Waals surface area (Å²) in [5.74, 6) is 0.672. The second kappa shape index (κ2) is 7.99. The van der Waals surface area contributed by atoms with Gasteiger partial charge in [0.25, 0.3) is 0 Å². The van der Waals surface area contributed by atoms with Crippen LogP contribution in [0.4, 0.5) is 4.39 Å². The van der Waals surface area contributed by atoms with E-state index >= 15 is 0 Å². The number of amides is 1. The summed E-state index contributed by atoms with van der Waals surface area (Å²) >= 11 is 0. The van der Waals surface area contributed by atoms with Crippen molar-refractivity contribution in [3.63, 3.8) is 0 Å². The first-order valence-corrected chi connectivity index (χ1v) is 8.43. The van der Waals surface area contributed by atoms with E-state index in [0.717, 1.165) is 0 Å². The normalized spacial score (nSPS) is 10.7. The quantitative estimate of drug-likeness (QED) is 0.667. The fourth-order valence-corrected chi connectivity index (χ4v) is 2.53. The highest BCUT2D eigenvalue weighted by molar-refractivity contribution is 5.81. The van der Waals surface area contributed by atoms with E-state index in [9.17, 15) is 9.18 Å². The van der Waals surface area contributed by atoms with E-state index in [2.05, 4.69) is 9.97 Å². The molecule has 0 atom stereocenters. The highest BCUT2D eigenvalue weighted by Crippen LogP contribution is 2.32. The van der Waals surface area contributed by atoms with Crippen molar-refractivity contribution in [2.24, 2.45) is 0 Å². The number of rotatable bonds is 6. The van der Waals surface area contributed by atoms with E-state index in [-0.39, 0.29) is 11.7 Å². The highest BCUT2D eigenvalue weighted by Gasteiger charge is 2.11. The predicted molar refractivity (Wildman–Crippen MR) is 100 cm³/mol. The molecule has 0 saturated carbocycles. The van der Waals surface area contributed by atoms with Crippen LogP contribution in [0.2, 0.25) is 0 Å². The van der Waals surface area contributed by atoms with Gasteiger partial charge in [0.2, 0.25) is 5.91 Å². The number of halogens is 1. The predicted octanol–water partition coefficient (Wildman–Crippen LogP) is 3.30. The largest absolute Gasteiger partial charge is 0.493 e. The van der Waals surface area contributed by atoms with E-state index in [1.807, 2.05) is 0 Å². The number of hydrogen-bond donors (Lipinski definition) is 0. The summed E-state index contributed by atoms with van der Waals surface area (Å²) < 4.78 is 24.6. The number of fused-ring (bicyclic) bond motifs is 1. The number of likely N-dealkylation sites (N-methyl/N-ethyl adjacent to an activating group) is 1. The second-order valence-electron chi connectivity index (χ2n) is 6.05.